The number of aromatic nitrogens is 2. The van der Waals surface area contributed by atoms with E-state index in [4.69, 9.17) is 9.47 Å². The minimum Gasteiger partial charge on any atom is -0.497 e. The number of ether oxygens (including phenoxy) is 2. The second-order valence-corrected chi connectivity index (χ2v) is 7.51. The Labute approximate surface area is 186 Å². The standard InChI is InChI=1S/C24H26N4O4/c1-31-19-9-7-18(8-10-19)20-15-23(29)28(17-25-20)16-24(30)27-13-11-26(12-14-27)21-5-3-4-6-22(21)32-2/h3-10,15,17H,11-14,16H2,1-2H3. The van der Waals surface area contributed by atoms with Gasteiger partial charge in [0.25, 0.3) is 5.56 Å². The van der Waals surface area contributed by atoms with Crippen LogP contribution in [-0.4, -0.2) is 60.8 Å². The van der Waals surface area contributed by atoms with E-state index in [1.807, 2.05) is 48.5 Å². The zero-order valence-corrected chi connectivity index (χ0v) is 18.2. The van der Waals surface area contributed by atoms with Gasteiger partial charge in [-0.2, -0.15) is 0 Å². The number of carbonyl (C=O) groups is 1. The van der Waals surface area contributed by atoms with Crippen LogP contribution in [0.4, 0.5) is 5.69 Å². The van der Waals surface area contributed by atoms with Gasteiger partial charge in [-0.25, -0.2) is 4.98 Å². The van der Waals surface area contributed by atoms with E-state index in [0.717, 1.165) is 22.7 Å². The van der Waals surface area contributed by atoms with Gasteiger partial charge in [0, 0.05) is 37.8 Å². The highest BCUT2D eigenvalue weighted by molar-refractivity contribution is 5.76. The molecule has 32 heavy (non-hydrogen) atoms. The summed E-state index contributed by atoms with van der Waals surface area (Å²) in [5, 5.41) is 0. The van der Waals surface area contributed by atoms with Crippen molar-refractivity contribution in [2.24, 2.45) is 0 Å². The lowest BCUT2D eigenvalue weighted by atomic mass is 10.1. The predicted octanol–water partition coefficient (Wildman–Crippen LogP) is 2.28. The first-order chi connectivity index (χ1) is 15.6. The molecule has 1 amide bonds. The van der Waals surface area contributed by atoms with E-state index in [1.165, 1.54) is 17.0 Å². The molecule has 1 aliphatic heterocycles. The number of piperazine rings is 1. The van der Waals surface area contributed by atoms with Crippen LogP contribution in [0.3, 0.4) is 0 Å². The maximum absolute atomic E-state index is 12.8. The highest BCUT2D eigenvalue weighted by Gasteiger charge is 2.23. The fourth-order valence-corrected chi connectivity index (χ4v) is 3.80. The largest absolute Gasteiger partial charge is 0.497 e. The summed E-state index contributed by atoms with van der Waals surface area (Å²) in [5.74, 6) is 1.46. The first-order valence-electron chi connectivity index (χ1n) is 10.5. The number of hydrogen-bond acceptors (Lipinski definition) is 6. The van der Waals surface area contributed by atoms with Crippen molar-refractivity contribution in [3.63, 3.8) is 0 Å². The van der Waals surface area contributed by atoms with Crippen LogP contribution < -0.4 is 19.9 Å². The Bertz CT molecular complexity index is 1140. The van der Waals surface area contributed by atoms with Crippen LogP contribution in [-0.2, 0) is 11.3 Å². The lowest BCUT2D eigenvalue weighted by Gasteiger charge is -2.36. The minimum atomic E-state index is -0.258. The van der Waals surface area contributed by atoms with Crippen molar-refractivity contribution in [1.29, 1.82) is 0 Å². The zero-order valence-electron chi connectivity index (χ0n) is 18.2. The molecule has 0 bridgehead atoms. The average Bonchev–Trinajstić information content (AvgIpc) is 2.85. The third-order valence-corrected chi connectivity index (χ3v) is 5.63. The molecule has 8 nitrogen and oxygen atoms in total. The Morgan fingerprint density at radius 2 is 1.69 bits per heavy atom. The van der Waals surface area contributed by atoms with Crippen LogP contribution in [0.5, 0.6) is 11.5 Å². The number of amides is 1. The summed E-state index contributed by atoms with van der Waals surface area (Å²) < 4.78 is 11.9. The van der Waals surface area contributed by atoms with Crippen molar-refractivity contribution < 1.29 is 14.3 Å². The SMILES string of the molecule is COc1ccc(-c2cc(=O)n(CC(=O)N3CCN(c4ccccc4OC)CC3)cn2)cc1. The van der Waals surface area contributed by atoms with E-state index >= 15 is 0 Å². The molecule has 2 aromatic carbocycles. The van der Waals surface area contributed by atoms with Gasteiger partial charge in [-0.05, 0) is 36.4 Å². The second-order valence-electron chi connectivity index (χ2n) is 7.51. The summed E-state index contributed by atoms with van der Waals surface area (Å²) in [4.78, 5) is 33.7. The first kappa shape index (κ1) is 21.4. The van der Waals surface area contributed by atoms with Crippen molar-refractivity contribution in [3.8, 4) is 22.8 Å². The van der Waals surface area contributed by atoms with Crippen molar-refractivity contribution in [3.05, 3.63) is 71.3 Å². The summed E-state index contributed by atoms with van der Waals surface area (Å²) >= 11 is 0. The maximum Gasteiger partial charge on any atom is 0.254 e. The van der Waals surface area contributed by atoms with Crippen LogP contribution in [0.15, 0.2) is 65.7 Å². The number of carbonyl (C=O) groups excluding carboxylic acids is 1. The second kappa shape index (κ2) is 9.55. The molecule has 1 fully saturated rings. The van der Waals surface area contributed by atoms with Gasteiger partial charge in [0.2, 0.25) is 5.91 Å². The Kier molecular flexibility index (Phi) is 6.39. The normalized spacial score (nSPS) is 13.7. The van der Waals surface area contributed by atoms with Gasteiger partial charge in [0.05, 0.1) is 31.9 Å². The summed E-state index contributed by atoms with van der Waals surface area (Å²) in [6.45, 7) is 2.56. The highest BCUT2D eigenvalue weighted by Crippen LogP contribution is 2.28. The summed E-state index contributed by atoms with van der Waals surface area (Å²) in [7, 11) is 3.26. The predicted molar refractivity (Wildman–Crippen MR) is 122 cm³/mol. The molecule has 1 saturated heterocycles. The molecule has 0 aliphatic carbocycles. The molecule has 166 valence electrons. The summed E-state index contributed by atoms with van der Waals surface area (Å²) in [5.41, 5.74) is 2.14. The molecule has 0 unspecified atom stereocenters. The van der Waals surface area contributed by atoms with Gasteiger partial charge in [-0.1, -0.05) is 12.1 Å². The molecule has 0 radical (unpaired) electrons. The lowest BCUT2D eigenvalue weighted by Crippen LogP contribution is -2.50. The molecule has 0 atom stereocenters. The monoisotopic (exact) mass is 434 g/mol. The fourth-order valence-electron chi connectivity index (χ4n) is 3.80. The van der Waals surface area contributed by atoms with Crippen LogP contribution >= 0.6 is 0 Å². The third-order valence-electron chi connectivity index (χ3n) is 5.63. The van der Waals surface area contributed by atoms with Crippen molar-refractivity contribution in [1.82, 2.24) is 14.5 Å². The molecule has 4 rings (SSSR count). The van der Waals surface area contributed by atoms with Crippen molar-refractivity contribution in [2.45, 2.75) is 6.54 Å². The topological polar surface area (TPSA) is 76.9 Å². The van der Waals surface area contributed by atoms with Gasteiger partial charge in [0.15, 0.2) is 0 Å². The number of para-hydroxylation sites is 2. The van der Waals surface area contributed by atoms with E-state index in [9.17, 15) is 9.59 Å². The van der Waals surface area contributed by atoms with Gasteiger partial charge < -0.3 is 19.3 Å². The Hall–Kier alpha value is -3.81. The molecule has 0 N–H and O–H groups in total. The van der Waals surface area contributed by atoms with Crippen LogP contribution in [0, 0.1) is 0 Å². The van der Waals surface area contributed by atoms with Crippen molar-refractivity contribution in [2.75, 3.05) is 45.3 Å². The van der Waals surface area contributed by atoms with E-state index in [1.54, 1.807) is 19.1 Å². The number of hydrogen-bond donors (Lipinski definition) is 0. The fraction of sp³-hybridized carbons (Fsp3) is 0.292. The van der Waals surface area contributed by atoms with Crippen LogP contribution in [0.1, 0.15) is 0 Å². The van der Waals surface area contributed by atoms with Crippen LogP contribution in [0.25, 0.3) is 11.3 Å². The third kappa shape index (κ3) is 4.59. The van der Waals surface area contributed by atoms with Gasteiger partial charge in [0.1, 0.15) is 18.0 Å². The lowest BCUT2D eigenvalue weighted by molar-refractivity contribution is -0.132. The first-order valence-corrected chi connectivity index (χ1v) is 10.5. The Balaban J connectivity index is 1.38. The summed E-state index contributed by atoms with van der Waals surface area (Å²) in [6, 6.07) is 16.6. The van der Waals surface area contributed by atoms with E-state index in [-0.39, 0.29) is 18.0 Å². The molecule has 3 aromatic rings. The number of nitrogens with zero attached hydrogens (tertiary/aromatic N) is 4. The molecule has 1 aromatic heterocycles. The van der Waals surface area contributed by atoms with E-state index in [2.05, 4.69) is 9.88 Å². The molecular formula is C24H26N4O4. The molecule has 0 saturated carbocycles. The van der Waals surface area contributed by atoms with Crippen molar-refractivity contribution >= 4 is 11.6 Å². The average molecular weight is 434 g/mol. The highest BCUT2D eigenvalue weighted by atomic mass is 16.5. The van der Waals surface area contributed by atoms with Crippen LogP contribution in [0.2, 0.25) is 0 Å². The van der Waals surface area contributed by atoms with Gasteiger partial charge in [-0.3, -0.25) is 14.2 Å². The smallest absolute Gasteiger partial charge is 0.254 e. The minimum absolute atomic E-state index is 0.0244. The van der Waals surface area contributed by atoms with E-state index in [0.29, 0.717) is 31.9 Å². The molecule has 8 heteroatoms. The van der Waals surface area contributed by atoms with E-state index < -0.39 is 0 Å². The molecule has 0 spiro atoms. The van der Waals surface area contributed by atoms with Gasteiger partial charge >= 0.3 is 0 Å². The maximum atomic E-state index is 12.8. The number of anilines is 1. The number of rotatable bonds is 6. The molecule has 2 heterocycles. The molecule has 1 aliphatic rings. The Morgan fingerprint density at radius 3 is 2.34 bits per heavy atom. The summed E-state index contributed by atoms with van der Waals surface area (Å²) in [6.07, 6.45) is 1.44. The molecular weight excluding hydrogens is 408 g/mol. The Morgan fingerprint density at radius 1 is 0.969 bits per heavy atom. The quantitative estimate of drug-likeness (QED) is 0.593. The number of benzene rings is 2. The van der Waals surface area contributed by atoms with Gasteiger partial charge in [-0.15, -0.1) is 0 Å². The number of methoxy groups -OCH3 is 2. The zero-order chi connectivity index (χ0) is 22.5.